The lowest BCUT2D eigenvalue weighted by molar-refractivity contribution is 0.112. The molecule has 1 nitrogen and oxygen atoms in total. The molecule has 0 radical (unpaired) electrons. The molecule has 0 atom stereocenters. The van der Waals surface area contributed by atoms with Crippen molar-refractivity contribution in [3.63, 3.8) is 0 Å². The zero-order valence-corrected chi connectivity index (χ0v) is 13.4. The summed E-state index contributed by atoms with van der Waals surface area (Å²) in [5.41, 5.74) is 3.40. The number of hydrogen-bond donors (Lipinski definition) is 0. The van der Waals surface area contributed by atoms with Crippen LogP contribution in [0.2, 0.25) is 0 Å². The molecule has 110 valence electrons. The summed E-state index contributed by atoms with van der Waals surface area (Å²) in [6, 6.07) is 16.6. The van der Waals surface area contributed by atoms with E-state index < -0.39 is 0 Å². The van der Waals surface area contributed by atoms with Gasteiger partial charge in [-0.3, -0.25) is 4.79 Å². The standard InChI is InChI=1S/C19H22OS/c1-16-14-18(15-20)11-12-19(16)21-13-7-3-6-10-17-8-4-2-5-9-17/h2,4-5,8-9,11-12,14-15H,3,6-7,10,13H2,1H3. The molecule has 0 aromatic heterocycles. The molecule has 0 aliphatic heterocycles. The van der Waals surface area contributed by atoms with E-state index in [9.17, 15) is 4.79 Å². The van der Waals surface area contributed by atoms with E-state index in [1.165, 1.54) is 41.7 Å². The second-order valence-electron chi connectivity index (χ2n) is 5.29. The number of aryl methyl sites for hydroxylation is 2. The Bertz CT molecular complexity index is 563. The number of carbonyl (C=O) groups excluding carboxylic acids is 1. The van der Waals surface area contributed by atoms with Gasteiger partial charge in [0.05, 0.1) is 0 Å². The molecule has 21 heavy (non-hydrogen) atoms. The summed E-state index contributed by atoms with van der Waals surface area (Å²) in [7, 11) is 0. The van der Waals surface area contributed by atoms with Crippen LogP contribution in [-0.2, 0) is 6.42 Å². The molecular weight excluding hydrogens is 276 g/mol. The lowest BCUT2D eigenvalue weighted by atomic mass is 10.1. The summed E-state index contributed by atoms with van der Waals surface area (Å²) >= 11 is 1.90. The van der Waals surface area contributed by atoms with Crippen LogP contribution in [0.15, 0.2) is 53.4 Å². The Balaban J connectivity index is 1.65. The summed E-state index contributed by atoms with van der Waals surface area (Å²) in [5, 5.41) is 0. The monoisotopic (exact) mass is 298 g/mol. The molecule has 2 rings (SSSR count). The molecule has 2 aromatic carbocycles. The number of unbranched alkanes of at least 4 members (excludes halogenated alkanes) is 2. The van der Waals surface area contributed by atoms with Gasteiger partial charge in [-0.15, -0.1) is 11.8 Å². The second-order valence-corrected chi connectivity index (χ2v) is 6.42. The van der Waals surface area contributed by atoms with Crippen LogP contribution < -0.4 is 0 Å². The minimum atomic E-state index is 0.764. The Kier molecular flexibility index (Phi) is 6.55. The summed E-state index contributed by atoms with van der Waals surface area (Å²) in [5.74, 6) is 1.15. The van der Waals surface area contributed by atoms with Crippen LogP contribution in [0.4, 0.5) is 0 Å². The number of aldehydes is 1. The van der Waals surface area contributed by atoms with Crippen molar-refractivity contribution in [3.05, 3.63) is 65.2 Å². The predicted molar refractivity (Wildman–Crippen MR) is 91.3 cm³/mol. The van der Waals surface area contributed by atoms with Crippen LogP contribution in [-0.4, -0.2) is 12.0 Å². The van der Waals surface area contributed by atoms with E-state index in [0.29, 0.717) is 0 Å². The molecule has 0 saturated heterocycles. The molecular formula is C19H22OS. The minimum Gasteiger partial charge on any atom is -0.298 e. The average Bonchev–Trinajstić information content (AvgIpc) is 2.53. The molecule has 0 aliphatic carbocycles. The quantitative estimate of drug-likeness (QED) is 0.373. The van der Waals surface area contributed by atoms with Crippen molar-refractivity contribution >= 4 is 18.0 Å². The Morgan fingerprint density at radius 1 is 1.00 bits per heavy atom. The van der Waals surface area contributed by atoms with Crippen molar-refractivity contribution in [2.24, 2.45) is 0 Å². The number of rotatable bonds is 8. The fraction of sp³-hybridized carbons (Fsp3) is 0.316. The third-order valence-corrected chi connectivity index (χ3v) is 4.81. The SMILES string of the molecule is Cc1cc(C=O)ccc1SCCCCCc1ccccc1. The highest BCUT2D eigenvalue weighted by molar-refractivity contribution is 7.99. The molecule has 2 heteroatoms. The van der Waals surface area contributed by atoms with Crippen molar-refractivity contribution in [2.75, 3.05) is 5.75 Å². The van der Waals surface area contributed by atoms with Gasteiger partial charge < -0.3 is 0 Å². The van der Waals surface area contributed by atoms with Gasteiger partial charge in [-0.25, -0.2) is 0 Å². The second kappa shape index (κ2) is 8.68. The van der Waals surface area contributed by atoms with Gasteiger partial charge in [0.15, 0.2) is 0 Å². The Hall–Kier alpha value is -1.54. The molecule has 0 bridgehead atoms. The lowest BCUT2D eigenvalue weighted by Crippen LogP contribution is -1.89. The first-order valence-corrected chi connectivity index (χ1v) is 8.51. The van der Waals surface area contributed by atoms with Crippen molar-refractivity contribution < 1.29 is 4.79 Å². The van der Waals surface area contributed by atoms with Gasteiger partial charge in [-0.2, -0.15) is 0 Å². The number of thioether (sulfide) groups is 1. The maximum atomic E-state index is 10.7. The first-order valence-electron chi connectivity index (χ1n) is 7.52. The largest absolute Gasteiger partial charge is 0.298 e. The Labute approximate surface area is 131 Å². The smallest absolute Gasteiger partial charge is 0.150 e. The van der Waals surface area contributed by atoms with E-state index in [1.54, 1.807) is 0 Å². The zero-order chi connectivity index (χ0) is 14.9. The highest BCUT2D eigenvalue weighted by atomic mass is 32.2. The third kappa shape index (κ3) is 5.39. The van der Waals surface area contributed by atoms with Gasteiger partial charge in [0.25, 0.3) is 0 Å². The predicted octanol–water partition coefficient (Wildman–Crippen LogP) is 5.31. The molecule has 0 amide bonds. The third-order valence-electron chi connectivity index (χ3n) is 3.55. The fourth-order valence-corrected chi connectivity index (χ4v) is 3.36. The lowest BCUT2D eigenvalue weighted by Gasteiger charge is -2.06. The van der Waals surface area contributed by atoms with Crippen molar-refractivity contribution in [1.29, 1.82) is 0 Å². The van der Waals surface area contributed by atoms with Crippen molar-refractivity contribution in [1.82, 2.24) is 0 Å². The van der Waals surface area contributed by atoms with E-state index in [0.717, 1.165) is 17.6 Å². The summed E-state index contributed by atoms with van der Waals surface area (Å²) in [6.45, 7) is 2.07. The molecule has 0 saturated carbocycles. The minimum absolute atomic E-state index is 0.764. The maximum absolute atomic E-state index is 10.7. The Morgan fingerprint density at radius 3 is 2.52 bits per heavy atom. The molecule has 2 aromatic rings. The first-order chi connectivity index (χ1) is 10.3. The fourth-order valence-electron chi connectivity index (χ4n) is 2.34. The number of carbonyl (C=O) groups is 1. The normalized spacial score (nSPS) is 10.5. The van der Waals surface area contributed by atoms with Crippen LogP contribution >= 0.6 is 11.8 Å². The van der Waals surface area contributed by atoms with E-state index in [1.807, 2.05) is 23.9 Å². The van der Waals surface area contributed by atoms with Crippen molar-refractivity contribution in [2.45, 2.75) is 37.5 Å². The van der Waals surface area contributed by atoms with Gasteiger partial charge >= 0.3 is 0 Å². The summed E-state index contributed by atoms with van der Waals surface area (Å²) < 4.78 is 0. The van der Waals surface area contributed by atoms with E-state index >= 15 is 0 Å². The summed E-state index contributed by atoms with van der Waals surface area (Å²) in [4.78, 5) is 12.0. The van der Waals surface area contributed by atoms with Gasteiger partial charge in [0, 0.05) is 10.5 Å². The molecule has 0 fully saturated rings. The van der Waals surface area contributed by atoms with Gasteiger partial charge in [-0.1, -0.05) is 42.8 Å². The van der Waals surface area contributed by atoms with Crippen molar-refractivity contribution in [3.8, 4) is 0 Å². The van der Waals surface area contributed by atoms with Crippen LogP contribution in [0.5, 0.6) is 0 Å². The van der Waals surface area contributed by atoms with Crippen LogP contribution in [0.3, 0.4) is 0 Å². The molecule has 0 aliphatic rings. The van der Waals surface area contributed by atoms with Gasteiger partial charge in [0.1, 0.15) is 6.29 Å². The van der Waals surface area contributed by atoms with Crippen LogP contribution in [0, 0.1) is 6.92 Å². The van der Waals surface area contributed by atoms with E-state index in [2.05, 4.69) is 43.3 Å². The molecule has 0 unspecified atom stereocenters. The van der Waals surface area contributed by atoms with Crippen LogP contribution in [0.1, 0.15) is 40.7 Å². The average molecular weight is 298 g/mol. The topological polar surface area (TPSA) is 17.1 Å². The Morgan fingerprint density at radius 2 is 1.81 bits per heavy atom. The highest BCUT2D eigenvalue weighted by Gasteiger charge is 2.01. The molecule has 0 spiro atoms. The summed E-state index contributed by atoms with van der Waals surface area (Å²) in [6.07, 6.45) is 5.86. The zero-order valence-electron chi connectivity index (χ0n) is 12.5. The maximum Gasteiger partial charge on any atom is 0.150 e. The number of hydrogen-bond acceptors (Lipinski definition) is 2. The first kappa shape index (κ1) is 15.8. The van der Waals surface area contributed by atoms with E-state index in [4.69, 9.17) is 0 Å². The van der Waals surface area contributed by atoms with Crippen LogP contribution in [0.25, 0.3) is 0 Å². The molecule has 0 heterocycles. The molecule has 0 N–H and O–H groups in total. The van der Waals surface area contributed by atoms with Gasteiger partial charge in [-0.05, 0) is 55.2 Å². The number of benzene rings is 2. The van der Waals surface area contributed by atoms with Gasteiger partial charge in [0.2, 0.25) is 0 Å². The highest BCUT2D eigenvalue weighted by Crippen LogP contribution is 2.24. The van der Waals surface area contributed by atoms with E-state index in [-0.39, 0.29) is 0 Å².